The molecule has 1 amide bonds. The van der Waals surface area contributed by atoms with Crippen molar-refractivity contribution in [1.29, 1.82) is 0 Å². The minimum Gasteiger partial charge on any atom is -0.369 e. The van der Waals surface area contributed by atoms with Crippen LogP contribution in [0.15, 0.2) is 65.6 Å². The zero-order valence-electron chi connectivity index (χ0n) is 20.5. The molecule has 0 atom stereocenters. The van der Waals surface area contributed by atoms with E-state index < -0.39 is 31.7 Å². The Balaban J connectivity index is 1.48. The zero-order chi connectivity index (χ0) is 27.8. The van der Waals surface area contributed by atoms with Gasteiger partial charge in [-0.3, -0.25) is 4.79 Å². The monoisotopic (exact) mass is 585 g/mol. The van der Waals surface area contributed by atoms with Crippen molar-refractivity contribution in [2.75, 3.05) is 45.2 Å². The number of nitrogens with zero attached hydrogens (tertiary/aromatic N) is 3. The van der Waals surface area contributed by atoms with Gasteiger partial charge in [0.2, 0.25) is 10.0 Å². The van der Waals surface area contributed by atoms with Gasteiger partial charge in [-0.05, 0) is 47.5 Å². The van der Waals surface area contributed by atoms with Gasteiger partial charge in [-0.1, -0.05) is 47.5 Å². The molecule has 38 heavy (non-hydrogen) atoms. The number of amides is 1. The Bertz CT molecular complexity index is 1450. The van der Waals surface area contributed by atoms with Crippen molar-refractivity contribution in [3.05, 3.63) is 81.8 Å². The van der Waals surface area contributed by atoms with E-state index in [-0.39, 0.29) is 32.1 Å². The number of benzene rings is 3. The number of sulfonamides is 1. The number of carbonyl (C=O) groups is 1. The van der Waals surface area contributed by atoms with Gasteiger partial charge >= 0.3 is 6.18 Å². The molecule has 0 N–H and O–H groups in total. The molecule has 1 saturated heterocycles. The van der Waals surface area contributed by atoms with Gasteiger partial charge in [-0.25, -0.2) is 8.42 Å². The lowest BCUT2D eigenvalue weighted by atomic mass is 10.0. The molecule has 1 heterocycles. The fourth-order valence-electron chi connectivity index (χ4n) is 4.28. The van der Waals surface area contributed by atoms with Crippen LogP contribution in [0.3, 0.4) is 0 Å². The molecule has 3 aromatic carbocycles. The molecule has 202 valence electrons. The van der Waals surface area contributed by atoms with Gasteiger partial charge in [0, 0.05) is 46.0 Å². The summed E-state index contributed by atoms with van der Waals surface area (Å²) in [5.41, 5.74) is 1.67. The fraction of sp³-hybridized carbons (Fsp3) is 0.269. The Kier molecular flexibility index (Phi) is 7.99. The highest BCUT2D eigenvalue weighted by atomic mass is 35.5. The van der Waals surface area contributed by atoms with Crippen LogP contribution in [0.5, 0.6) is 0 Å². The first-order chi connectivity index (χ1) is 17.8. The molecule has 0 saturated carbocycles. The molecular formula is C26H24Cl2F3N3O3S. The summed E-state index contributed by atoms with van der Waals surface area (Å²) in [5.74, 6) is -0.192. The number of piperazine rings is 1. The second-order valence-electron chi connectivity index (χ2n) is 8.95. The summed E-state index contributed by atoms with van der Waals surface area (Å²) in [7, 11) is -1.16. The predicted octanol–water partition coefficient (Wildman–Crippen LogP) is 5.89. The lowest BCUT2D eigenvalue weighted by molar-refractivity contribution is -0.139. The number of anilines is 1. The van der Waals surface area contributed by atoms with Gasteiger partial charge in [0.25, 0.3) is 5.91 Å². The second kappa shape index (κ2) is 10.8. The first-order valence-corrected chi connectivity index (χ1v) is 13.7. The number of hydrogen-bond acceptors (Lipinski definition) is 4. The summed E-state index contributed by atoms with van der Waals surface area (Å²) in [6.45, 7) is 0.586. The third-order valence-corrected chi connectivity index (χ3v) is 9.02. The Morgan fingerprint density at radius 2 is 1.47 bits per heavy atom. The highest BCUT2D eigenvalue weighted by Gasteiger charge is 2.41. The van der Waals surface area contributed by atoms with E-state index in [0.29, 0.717) is 10.6 Å². The van der Waals surface area contributed by atoms with E-state index in [2.05, 4.69) is 0 Å². The molecular weight excluding hydrogens is 562 g/mol. The maximum absolute atomic E-state index is 13.5. The van der Waals surface area contributed by atoms with Crippen LogP contribution in [0, 0.1) is 0 Å². The molecule has 12 heteroatoms. The predicted molar refractivity (Wildman–Crippen MR) is 142 cm³/mol. The number of hydrogen-bond donors (Lipinski definition) is 0. The van der Waals surface area contributed by atoms with Crippen LogP contribution in [0.1, 0.15) is 15.9 Å². The summed E-state index contributed by atoms with van der Waals surface area (Å²) in [4.78, 5) is 14.7. The Morgan fingerprint density at radius 1 is 0.868 bits per heavy atom. The van der Waals surface area contributed by atoms with Crippen LogP contribution in [-0.4, -0.2) is 63.8 Å². The summed E-state index contributed by atoms with van der Waals surface area (Å²) in [6.07, 6.45) is -4.86. The standard InChI is InChI=1S/C26H24Cl2F3N3O3S/c1-32(2)25(35)20-11-8-18(16-23(20)28)17-6-9-19(10-7-17)33-12-14-34(15-13-33)38(36,37)24-21(26(29,30)31)4-3-5-22(24)27/h3-11,16H,12-15H2,1-2H3. The quantitative estimate of drug-likeness (QED) is 0.374. The summed E-state index contributed by atoms with van der Waals surface area (Å²) in [5, 5.41) is -0.119. The molecule has 0 aliphatic carbocycles. The SMILES string of the molecule is CN(C)C(=O)c1ccc(-c2ccc(N3CCN(S(=O)(=O)c4c(Cl)cccc4C(F)(F)F)CC3)cc2)cc1Cl. The molecule has 6 nitrogen and oxygen atoms in total. The molecule has 0 unspecified atom stereocenters. The molecule has 1 fully saturated rings. The second-order valence-corrected chi connectivity index (χ2v) is 11.6. The number of rotatable bonds is 5. The van der Waals surface area contributed by atoms with Crippen LogP contribution in [0.2, 0.25) is 10.0 Å². The van der Waals surface area contributed by atoms with Crippen molar-refractivity contribution < 1.29 is 26.4 Å². The first-order valence-electron chi connectivity index (χ1n) is 11.5. The highest BCUT2D eigenvalue weighted by Crippen LogP contribution is 2.39. The van der Waals surface area contributed by atoms with Crippen LogP contribution in [-0.2, 0) is 16.2 Å². The van der Waals surface area contributed by atoms with Crippen molar-refractivity contribution in [2.45, 2.75) is 11.1 Å². The van der Waals surface area contributed by atoms with Crippen LogP contribution in [0.4, 0.5) is 18.9 Å². The van der Waals surface area contributed by atoms with Gasteiger partial charge in [0.15, 0.2) is 0 Å². The third-order valence-electron chi connectivity index (χ3n) is 6.28. The van der Waals surface area contributed by atoms with Gasteiger partial charge in [-0.2, -0.15) is 17.5 Å². The van der Waals surface area contributed by atoms with E-state index in [1.54, 1.807) is 26.2 Å². The van der Waals surface area contributed by atoms with Crippen molar-refractivity contribution in [2.24, 2.45) is 0 Å². The highest BCUT2D eigenvalue weighted by molar-refractivity contribution is 7.89. The third kappa shape index (κ3) is 5.63. The molecule has 0 aromatic heterocycles. The molecule has 0 spiro atoms. The lowest BCUT2D eigenvalue weighted by Crippen LogP contribution is -2.49. The van der Waals surface area contributed by atoms with Crippen molar-refractivity contribution in [3.8, 4) is 11.1 Å². The molecule has 1 aliphatic heterocycles. The van der Waals surface area contributed by atoms with Crippen molar-refractivity contribution in [1.82, 2.24) is 9.21 Å². The normalized spacial score (nSPS) is 15.0. The van der Waals surface area contributed by atoms with E-state index in [9.17, 15) is 26.4 Å². The number of carbonyl (C=O) groups excluding carboxylic acids is 1. The van der Waals surface area contributed by atoms with Gasteiger partial charge < -0.3 is 9.80 Å². The van der Waals surface area contributed by atoms with Crippen molar-refractivity contribution in [3.63, 3.8) is 0 Å². The molecule has 1 aliphatic rings. The smallest absolute Gasteiger partial charge is 0.369 e. The molecule has 4 rings (SSSR count). The maximum Gasteiger partial charge on any atom is 0.417 e. The Morgan fingerprint density at radius 3 is 2.03 bits per heavy atom. The van der Waals surface area contributed by atoms with Gasteiger partial charge in [0.05, 0.1) is 21.2 Å². The lowest BCUT2D eigenvalue weighted by Gasteiger charge is -2.36. The van der Waals surface area contributed by atoms with E-state index in [1.807, 2.05) is 35.2 Å². The molecule has 0 radical (unpaired) electrons. The zero-order valence-corrected chi connectivity index (χ0v) is 22.8. The number of alkyl halides is 3. The van der Waals surface area contributed by atoms with E-state index in [1.165, 1.54) is 4.90 Å². The van der Waals surface area contributed by atoms with Gasteiger partial charge in [-0.15, -0.1) is 0 Å². The Hall–Kier alpha value is -2.79. The van der Waals surface area contributed by atoms with Crippen LogP contribution < -0.4 is 4.90 Å². The topological polar surface area (TPSA) is 60.9 Å². The maximum atomic E-state index is 13.5. The van der Waals surface area contributed by atoms with E-state index in [4.69, 9.17) is 23.2 Å². The average Bonchev–Trinajstić information content (AvgIpc) is 2.87. The summed E-state index contributed by atoms with van der Waals surface area (Å²) in [6, 6.07) is 15.7. The minimum absolute atomic E-state index is 0.00355. The first kappa shape index (κ1) is 28.2. The molecule has 3 aromatic rings. The largest absolute Gasteiger partial charge is 0.417 e. The Labute approximate surface area is 229 Å². The minimum atomic E-state index is -4.86. The fourth-order valence-corrected chi connectivity index (χ4v) is 6.69. The van der Waals surface area contributed by atoms with Gasteiger partial charge in [0.1, 0.15) is 4.90 Å². The van der Waals surface area contributed by atoms with Crippen LogP contribution >= 0.6 is 23.2 Å². The summed E-state index contributed by atoms with van der Waals surface area (Å²) < 4.78 is 67.8. The summed E-state index contributed by atoms with van der Waals surface area (Å²) >= 11 is 12.3. The average molecular weight is 586 g/mol. The number of halogens is 5. The van der Waals surface area contributed by atoms with Crippen molar-refractivity contribution >= 4 is 44.8 Å². The molecule has 0 bridgehead atoms. The van der Waals surface area contributed by atoms with E-state index >= 15 is 0 Å². The van der Waals surface area contributed by atoms with E-state index in [0.717, 1.165) is 39.3 Å². The van der Waals surface area contributed by atoms with Crippen LogP contribution in [0.25, 0.3) is 11.1 Å².